The van der Waals surface area contributed by atoms with Crippen molar-refractivity contribution < 1.29 is 8.42 Å². The molecule has 2 bridgehead atoms. The minimum Gasteiger partial charge on any atom is -0.335 e. The van der Waals surface area contributed by atoms with Crippen molar-refractivity contribution in [1.29, 1.82) is 0 Å². The summed E-state index contributed by atoms with van der Waals surface area (Å²) in [5.74, 6) is 2.05. The number of piperazine rings is 1. The predicted molar refractivity (Wildman–Crippen MR) is 137 cm³/mol. The molecule has 2 N–H and O–H groups in total. The molecule has 180 valence electrons. The lowest BCUT2D eigenvalue weighted by atomic mass is 10.2. The van der Waals surface area contributed by atoms with Gasteiger partial charge in [-0.25, -0.2) is 28.1 Å². The van der Waals surface area contributed by atoms with Crippen LogP contribution in [0.2, 0.25) is 0 Å². The van der Waals surface area contributed by atoms with Gasteiger partial charge in [0.15, 0.2) is 0 Å². The van der Waals surface area contributed by atoms with Crippen LogP contribution in [0, 0.1) is 0 Å². The summed E-state index contributed by atoms with van der Waals surface area (Å²) in [6, 6.07) is 11.5. The number of hydrogen-bond donors (Lipinski definition) is 2. The second-order valence-corrected chi connectivity index (χ2v) is 11.7. The highest BCUT2D eigenvalue weighted by molar-refractivity contribution is 7.89. The maximum Gasteiger partial charge on any atom is 0.240 e. The maximum atomic E-state index is 12.2. The van der Waals surface area contributed by atoms with Crippen LogP contribution in [-0.2, 0) is 10.0 Å². The van der Waals surface area contributed by atoms with E-state index in [-0.39, 0.29) is 4.90 Å². The molecular weight excluding hydrogens is 484 g/mol. The van der Waals surface area contributed by atoms with E-state index in [0.29, 0.717) is 23.7 Å². The number of aromatic nitrogens is 4. The quantitative estimate of drug-likeness (QED) is 0.405. The molecule has 35 heavy (non-hydrogen) atoms. The van der Waals surface area contributed by atoms with E-state index in [0.717, 1.165) is 46.2 Å². The van der Waals surface area contributed by atoms with Crippen molar-refractivity contribution in [2.24, 2.45) is 0 Å². The number of likely N-dealkylation sites (N-methyl/N-ethyl adjacent to an activating group) is 1. The number of anilines is 3. The molecule has 3 aromatic heterocycles. The molecule has 2 atom stereocenters. The molecule has 0 spiro atoms. The molecule has 4 aromatic rings. The maximum absolute atomic E-state index is 12.2. The zero-order valence-electron chi connectivity index (χ0n) is 19.2. The van der Waals surface area contributed by atoms with Gasteiger partial charge in [-0.1, -0.05) is 12.1 Å². The zero-order chi connectivity index (χ0) is 24.2. The third-order valence-electron chi connectivity index (χ3n) is 6.61. The lowest BCUT2D eigenvalue weighted by Crippen LogP contribution is -2.45. The Kier molecular flexibility index (Phi) is 5.40. The minimum absolute atomic E-state index is 0.203. The fourth-order valence-electron chi connectivity index (χ4n) is 4.74. The van der Waals surface area contributed by atoms with Crippen LogP contribution >= 0.6 is 11.3 Å². The Labute approximate surface area is 207 Å². The van der Waals surface area contributed by atoms with Crippen LogP contribution in [0.1, 0.15) is 6.42 Å². The van der Waals surface area contributed by atoms with Crippen LogP contribution in [-0.4, -0.2) is 72.5 Å². The largest absolute Gasteiger partial charge is 0.335 e. The molecule has 6 rings (SSSR count). The summed E-state index contributed by atoms with van der Waals surface area (Å²) in [5, 5.41) is 4.00. The number of fused-ring (bicyclic) bond motifs is 3. The minimum atomic E-state index is -3.53. The third-order valence-corrected chi connectivity index (χ3v) is 9.07. The van der Waals surface area contributed by atoms with Gasteiger partial charge in [0.25, 0.3) is 0 Å². The topological polar surface area (TPSA) is 116 Å². The van der Waals surface area contributed by atoms with Gasteiger partial charge in [0.2, 0.25) is 16.0 Å². The molecule has 0 unspecified atom stereocenters. The van der Waals surface area contributed by atoms with Gasteiger partial charge in [0.1, 0.15) is 16.6 Å². The monoisotopic (exact) mass is 508 g/mol. The molecule has 2 fully saturated rings. The number of nitrogens with zero attached hydrogens (tertiary/aromatic N) is 6. The van der Waals surface area contributed by atoms with Gasteiger partial charge in [-0.05, 0) is 38.7 Å². The number of likely N-dealkylation sites (tertiary alicyclic amines) is 1. The first-order valence-corrected chi connectivity index (χ1v) is 13.6. The summed E-state index contributed by atoms with van der Waals surface area (Å²) in [6.45, 7) is 1.99. The van der Waals surface area contributed by atoms with E-state index in [1.54, 1.807) is 30.6 Å². The lowest BCUT2D eigenvalue weighted by Gasteiger charge is -2.31. The number of thiazole rings is 1. The first-order valence-electron chi connectivity index (χ1n) is 11.3. The molecule has 2 saturated heterocycles. The Hall–Kier alpha value is -3.19. The van der Waals surface area contributed by atoms with E-state index >= 15 is 0 Å². The highest BCUT2D eigenvalue weighted by Crippen LogP contribution is 2.34. The van der Waals surface area contributed by atoms with E-state index in [9.17, 15) is 8.42 Å². The second kappa shape index (κ2) is 8.48. The Morgan fingerprint density at radius 1 is 1.06 bits per heavy atom. The molecule has 10 nitrogen and oxygen atoms in total. The molecular formula is C23H24N8O2S2. The fraction of sp³-hybridized carbons (Fsp3) is 0.304. The van der Waals surface area contributed by atoms with Crippen LogP contribution in [0.4, 0.5) is 17.6 Å². The van der Waals surface area contributed by atoms with Crippen molar-refractivity contribution in [1.82, 2.24) is 29.6 Å². The molecule has 0 aliphatic carbocycles. The van der Waals surface area contributed by atoms with E-state index in [2.05, 4.69) is 36.9 Å². The van der Waals surface area contributed by atoms with Gasteiger partial charge in [0, 0.05) is 49.2 Å². The van der Waals surface area contributed by atoms with Crippen LogP contribution < -0.4 is 14.9 Å². The second-order valence-electron chi connectivity index (χ2n) is 8.79. The summed E-state index contributed by atoms with van der Waals surface area (Å²) in [5.41, 5.74) is 1.52. The van der Waals surface area contributed by atoms with E-state index < -0.39 is 10.0 Å². The van der Waals surface area contributed by atoms with Crippen LogP contribution in [0.15, 0.2) is 53.7 Å². The van der Waals surface area contributed by atoms with E-state index in [4.69, 9.17) is 9.97 Å². The number of nitrogens with one attached hydrogen (secondary N) is 2. The fourth-order valence-corrected chi connectivity index (χ4v) is 6.43. The molecule has 2 aliphatic heterocycles. The number of hydrogen-bond acceptors (Lipinski definition) is 10. The Balaban J connectivity index is 1.24. The number of pyridine rings is 1. The van der Waals surface area contributed by atoms with Crippen molar-refractivity contribution in [3.05, 3.63) is 48.8 Å². The average Bonchev–Trinajstić information content (AvgIpc) is 3.58. The van der Waals surface area contributed by atoms with Gasteiger partial charge in [-0.15, -0.1) is 11.3 Å². The SMILES string of the molecule is CNS(=O)(=O)c1cccc(-c2nc3cc(Nc4ccnc(N5C[C@@H]6C[C@H]5CN6C)n4)ncc3s2)c1. The van der Waals surface area contributed by atoms with Crippen LogP contribution in [0.3, 0.4) is 0 Å². The van der Waals surface area contributed by atoms with Gasteiger partial charge in [0.05, 0.1) is 15.1 Å². The highest BCUT2D eigenvalue weighted by Gasteiger charge is 2.42. The summed E-state index contributed by atoms with van der Waals surface area (Å²) in [6.07, 6.45) is 4.70. The Bertz CT molecular complexity index is 1520. The molecule has 0 amide bonds. The van der Waals surface area contributed by atoms with Crippen molar-refractivity contribution in [2.75, 3.05) is 37.4 Å². The molecule has 0 saturated carbocycles. The van der Waals surface area contributed by atoms with Crippen molar-refractivity contribution >= 4 is 49.2 Å². The highest BCUT2D eigenvalue weighted by atomic mass is 32.2. The zero-order valence-corrected chi connectivity index (χ0v) is 20.8. The summed E-state index contributed by atoms with van der Waals surface area (Å²) < 4.78 is 27.6. The molecule has 5 heterocycles. The first-order chi connectivity index (χ1) is 16.9. The summed E-state index contributed by atoms with van der Waals surface area (Å²) >= 11 is 1.47. The molecule has 12 heteroatoms. The molecule has 1 aromatic carbocycles. The normalized spacial score (nSPS) is 20.1. The first kappa shape index (κ1) is 22.3. The number of benzene rings is 1. The van der Waals surface area contributed by atoms with E-state index in [1.807, 2.05) is 18.2 Å². The predicted octanol–water partition coefficient (Wildman–Crippen LogP) is 2.69. The Morgan fingerprint density at radius 2 is 1.94 bits per heavy atom. The molecule has 2 aliphatic rings. The smallest absolute Gasteiger partial charge is 0.240 e. The van der Waals surface area contributed by atoms with Crippen LogP contribution in [0.5, 0.6) is 0 Å². The van der Waals surface area contributed by atoms with Crippen LogP contribution in [0.25, 0.3) is 20.8 Å². The van der Waals surface area contributed by atoms with Crippen molar-refractivity contribution in [3.63, 3.8) is 0 Å². The van der Waals surface area contributed by atoms with E-state index in [1.165, 1.54) is 18.4 Å². The summed E-state index contributed by atoms with van der Waals surface area (Å²) in [7, 11) is 0.0424. The van der Waals surface area contributed by atoms with Crippen molar-refractivity contribution in [3.8, 4) is 10.6 Å². The third kappa shape index (κ3) is 4.12. The van der Waals surface area contributed by atoms with Gasteiger partial charge < -0.3 is 10.2 Å². The van der Waals surface area contributed by atoms with Gasteiger partial charge in [-0.2, -0.15) is 4.98 Å². The number of rotatable bonds is 6. The lowest BCUT2D eigenvalue weighted by molar-refractivity contribution is 0.291. The van der Waals surface area contributed by atoms with Gasteiger partial charge in [-0.3, -0.25) is 4.90 Å². The number of sulfonamides is 1. The summed E-state index contributed by atoms with van der Waals surface area (Å²) in [4.78, 5) is 23.4. The Morgan fingerprint density at radius 3 is 2.71 bits per heavy atom. The molecule has 0 radical (unpaired) electrons. The van der Waals surface area contributed by atoms with Crippen molar-refractivity contribution in [2.45, 2.75) is 23.4 Å². The standard InChI is InChI=1S/C23H24N8O2S2/c1-24-35(32,33)17-5-3-4-14(8-17)22-27-18-10-21(26-11-19(18)34-22)28-20-6-7-25-23(29-20)31-13-15-9-16(31)12-30(15)2/h3-8,10-11,15-16,24H,9,12-13H2,1-2H3,(H,25,26,28,29)/t15-,16-/m0/s1. The van der Waals surface area contributed by atoms with Gasteiger partial charge >= 0.3 is 0 Å². The average molecular weight is 509 g/mol.